The Labute approximate surface area is 110 Å². The third kappa shape index (κ3) is 3.04. The van der Waals surface area contributed by atoms with Gasteiger partial charge < -0.3 is 4.90 Å². The summed E-state index contributed by atoms with van der Waals surface area (Å²) in [5.74, 6) is 0. The van der Waals surface area contributed by atoms with E-state index >= 15 is 0 Å². The van der Waals surface area contributed by atoms with Gasteiger partial charge in [0.2, 0.25) is 0 Å². The molecule has 2 aromatic carbocycles. The Morgan fingerprint density at radius 1 is 0.944 bits per heavy atom. The Morgan fingerprint density at radius 2 is 1.78 bits per heavy atom. The standard InChI is InChI=1S/C17H22N/c1-3-5-13-18(12-4-2)17-11-10-15-8-6-7-9-16(15)14-17/h6-11H,3-5,12-13H2,1-2H3. The van der Waals surface area contributed by atoms with Crippen molar-refractivity contribution < 1.29 is 0 Å². The molecule has 0 N–H and O–H groups in total. The lowest BCUT2D eigenvalue weighted by Gasteiger charge is -2.24. The van der Waals surface area contributed by atoms with Gasteiger partial charge >= 0.3 is 0 Å². The highest BCUT2D eigenvalue weighted by Crippen LogP contribution is 2.21. The lowest BCUT2D eigenvalue weighted by Crippen LogP contribution is -2.25. The summed E-state index contributed by atoms with van der Waals surface area (Å²) in [5.41, 5.74) is 1.24. The molecular weight excluding hydrogens is 218 g/mol. The number of unbranched alkanes of at least 4 members (excludes halogenated alkanes) is 1. The van der Waals surface area contributed by atoms with Gasteiger partial charge in [-0.25, -0.2) is 0 Å². The second kappa shape index (κ2) is 6.44. The minimum Gasteiger partial charge on any atom is -0.371 e. The predicted molar refractivity (Wildman–Crippen MR) is 80.2 cm³/mol. The molecule has 0 aliphatic rings. The summed E-state index contributed by atoms with van der Waals surface area (Å²) in [4.78, 5) is 2.45. The van der Waals surface area contributed by atoms with Crippen LogP contribution >= 0.6 is 0 Å². The highest BCUT2D eigenvalue weighted by atomic mass is 15.1. The summed E-state index contributed by atoms with van der Waals surface area (Å²) in [7, 11) is 0. The van der Waals surface area contributed by atoms with E-state index in [1.54, 1.807) is 0 Å². The van der Waals surface area contributed by atoms with Crippen LogP contribution in [0.1, 0.15) is 33.1 Å². The molecular formula is C17H22N. The van der Waals surface area contributed by atoms with Crippen molar-refractivity contribution >= 4 is 16.5 Å². The molecule has 0 fully saturated rings. The molecule has 2 rings (SSSR count). The van der Waals surface area contributed by atoms with Crippen molar-refractivity contribution in [3.05, 3.63) is 42.5 Å². The highest BCUT2D eigenvalue weighted by molar-refractivity contribution is 5.85. The molecule has 0 bridgehead atoms. The van der Waals surface area contributed by atoms with Crippen molar-refractivity contribution in [3.63, 3.8) is 0 Å². The summed E-state index contributed by atoms with van der Waals surface area (Å²) < 4.78 is 0. The molecule has 0 spiro atoms. The van der Waals surface area contributed by atoms with E-state index in [-0.39, 0.29) is 0 Å². The number of hydrogen-bond donors (Lipinski definition) is 0. The molecule has 1 nitrogen and oxygen atoms in total. The molecule has 1 heteroatoms. The molecule has 0 heterocycles. The quantitative estimate of drug-likeness (QED) is 0.710. The van der Waals surface area contributed by atoms with Crippen molar-refractivity contribution in [1.29, 1.82) is 0 Å². The molecule has 0 unspecified atom stereocenters. The topological polar surface area (TPSA) is 3.24 Å². The largest absolute Gasteiger partial charge is 0.371 e. The van der Waals surface area contributed by atoms with Gasteiger partial charge in [0.25, 0.3) is 0 Å². The van der Waals surface area contributed by atoms with Crippen LogP contribution in [0.3, 0.4) is 0 Å². The molecule has 95 valence electrons. The van der Waals surface area contributed by atoms with Crippen molar-refractivity contribution in [1.82, 2.24) is 0 Å². The molecule has 0 aliphatic heterocycles. The Morgan fingerprint density at radius 3 is 2.56 bits per heavy atom. The summed E-state index contributed by atoms with van der Waals surface area (Å²) in [6.07, 6.45) is 3.68. The first kappa shape index (κ1) is 12.9. The SMILES string of the molecule is CCCCN(CCC)c1[c]c2ccccc2cc1. The summed E-state index contributed by atoms with van der Waals surface area (Å²) >= 11 is 0. The van der Waals surface area contributed by atoms with Crippen LogP contribution in [-0.4, -0.2) is 13.1 Å². The average molecular weight is 240 g/mol. The van der Waals surface area contributed by atoms with Gasteiger partial charge in [0.05, 0.1) is 0 Å². The van der Waals surface area contributed by atoms with E-state index < -0.39 is 0 Å². The Balaban J connectivity index is 2.25. The maximum Gasteiger partial charge on any atom is 0.0453 e. The smallest absolute Gasteiger partial charge is 0.0453 e. The Kier molecular flexibility index (Phi) is 4.63. The molecule has 0 aliphatic carbocycles. The third-order valence-corrected chi connectivity index (χ3v) is 3.26. The third-order valence-electron chi connectivity index (χ3n) is 3.26. The maximum atomic E-state index is 3.55. The van der Waals surface area contributed by atoms with E-state index in [0.717, 1.165) is 13.1 Å². The van der Waals surface area contributed by atoms with E-state index in [1.165, 1.54) is 35.7 Å². The normalized spacial score (nSPS) is 10.8. The van der Waals surface area contributed by atoms with E-state index in [1.807, 2.05) is 0 Å². The van der Waals surface area contributed by atoms with Gasteiger partial charge in [-0.1, -0.05) is 50.6 Å². The highest BCUT2D eigenvalue weighted by Gasteiger charge is 2.05. The van der Waals surface area contributed by atoms with Gasteiger partial charge in [-0.2, -0.15) is 0 Å². The molecule has 1 radical (unpaired) electrons. The molecule has 0 atom stereocenters. The second-order valence-corrected chi connectivity index (χ2v) is 4.77. The summed E-state index contributed by atoms with van der Waals surface area (Å²) in [6, 6.07) is 16.4. The minimum atomic E-state index is 1.12. The molecule has 0 saturated heterocycles. The predicted octanol–water partition coefficient (Wildman–Crippen LogP) is 4.66. The lowest BCUT2D eigenvalue weighted by molar-refractivity contribution is 0.704. The fourth-order valence-corrected chi connectivity index (χ4v) is 2.26. The van der Waals surface area contributed by atoms with Gasteiger partial charge in [0, 0.05) is 24.8 Å². The zero-order chi connectivity index (χ0) is 12.8. The lowest BCUT2D eigenvalue weighted by atomic mass is 10.1. The van der Waals surface area contributed by atoms with Gasteiger partial charge in [-0.3, -0.25) is 0 Å². The zero-order valence-corrected chi connectivity index (χ0v) is 11.4. The average Bonchev–Trinajstić information content (AvgIpc) is 2.43. The first-order chi connectivity index (χ1) is 8.85. The number of fused-ring (bicyclic) bond motifs is 1. The van der Waals surface area contributed by atoms with Gasteiger partial charge in [-0.05, 0) is 29.7 Å². The van der Waals surface area contributed by atoms with Crippen molar-refractivity contribution in [2.24, 2.45) is 0 Å². The number of benzene rings is 2. The van der Waals surface area contributed by atoms with Crippen molar-refractivity contribution in [2.75, 3.05) is 18.0 Å². The van der Waals surface area contributed by atoms with Gasteiger partial charge in [0.1, 0.15) is 0 Å². The molecule has 0 amide bonds. The minimum absolute atomic E-state index is 1.12. The van der Waals surface area contributed by atoms with Crippen LogP contribution < -0.4 is 4.90 Å². The first-order valence-corrected chi connectivity index (χ1v) is 7.01. The first-order valence-electron chi connectivity index (χ1n) is 7.01. The Hall–Kier alpha value is -1.50. The summed E-state index contributed by atoms with van der Waals surface area (Å²) in [5, 5.41) is 2.49. The van der Waals surface area contributed by atoms with Crippen LogP contribution in [0.4, 0.5) is 5.69 Å². The molecule has 0 saturated carbocycles. The zero-order valence-electron chi connectivity index (χ0n) is 11.4. The summed E-state index contributed by atoms with van der Waals surface area (Å²) in [6.45, 7) is 6.74. The fourth-order valence-electron chi connectivity index (χ4n) is 2.26. The molecule has 18 heavy (non-hydrogen) atoms. The van der Waals surface area contributed by atoms with Crippen LogP contribution in [0.15, 0.2) is 36.4 Å². The van der Waals surface area contributed by atoms with Crippen LogP contribution in [-0.2, 0) is 0 Å². The van der Waals surface area contributed by atoms with Crippen LogP contribution in [0, 0.1) is 6.07 Å². The number of hydrogen-bond acceptors (Lipinski definition) is 1. The number of anilines is 1. The van der Waals surface area contributed by atoms with Crippen LogP contribution in [0.5, 0.6) is 0 Å². The van der Waals surface area contributed by atoms with Gasteiger partial charge in [0.15, 0.2) is 0 Å². The molecule has 0 aromatic heterocycles. The van der Waals surface area contributed by atoms with E-state index in [9.17, 15) is 0 Å². The number of rotatable bonds is 6. The fraction of sp³-hybridized carbons (Fsp3) is 0.412. The Bertz CT molecular complexity index is 490. The maximum absolute atomic E-state index is 3.55. The van der Waals surface area contributed by atoms with E-state index in [2.05, 4.69) is 61.2 Å². The number of nitrogens with zero attached hydrogens (tertiary/aromatic N) is 1. The van der Waals surface area contributed by atoms with Crippen LogP contribution in [0.2, 0.25) is 0 Å². The van der Waals surface area contributed by atoms with Crippen molar-refractivity contribution in [2.45, 2.75) is 33.1 Å². The molecule has 2 aromatic rings. The van der Waals surface area contributed by atoms with E-state index in [4.69, 9.17) is 0 Å². The monoisotopic (exact) mass is 240 g/mol. The van der Waals surface area contributed by atoms with Gasteiger partial charge in [-0.15, -0.1) is 0 Å². The second-order valence-electron chi connectivity index (χ2n) is 4.77. The van der Waals surface area contributed by atoms with Crippen LogP contribution in [0.25, 0.3) is 10.8 Å². The van der Waals surface area contributed by atoms with Crippen molar-refractivity contribution in [3.8, 4) is 0 Å². The van der Waals surface area contributed by atoms with E-state index in [0.29, 0.717) is 0 Å².